The number of ether oxygens (including phenoxy) is 1. The van der Waals surface area contributed by atoms with Gasteiger partial charge < -0.3 is 26.4 Å². The second-order valence-corrected chi connectivity index (χ2v) is 10.2. The number of rotatable bonds is 8. The fourth-order valence-electron chi connectivity index (χ4n) is 4.70. The largest absolute Gasteiger partial charge is 0.381 e. The van der Waals surface area contributed by atoms with E-state index >= 15 is 0 Å². The van der Waals surface area contributed by atoms with E-state index in [-0.39, 0.29) is 5.54 Å². The first-order chi connectivity index (χ1) is 15.9. The lowest BCUT2D eigenvalue weighted by Crippen LogP contribution is -2.50. The first kappa shape index (κ1) is 24.2. The molecule has 1 aliphatic heterocycles. The summed E-state index contributed by atoms with van der Waals surface area (Å²) in [6, 6.07) is 9.52. The van der Waals surface area contributed by atoms with Crippen molar-refractivity contribution in [2.24, 2.45) is 5.73 Å². The van der Waals surface area contributed by atoms with E-state index in [0.29, 0.717) is 42.9 Å². The third-order valence-electron chi connectivity index (χ3n) is 6.64. The predicted molar refractivity (Wildman–Crippen MR) is 136 cm³/mol. The van der Waals surface area contributed by atoms with Crippen molar-refractivity contribution in [1.82, 2.24) is 15.3 Å². The highest BCUT2D eigenvalue weighted by molar-refractivity contribution is 6.33. The minimum Gasteiger partial charge on any atom is -0.381 e. The van der Waals surface area contributed by atoms with Crippen LogP contribution in [-0.4, -0.2) is 53.4 Å². The summed E-state index contributed by atoms with van der Waals surface area (Å²) in [5.41, 5.74) is 7.94. The van der Waals surface area contributed by atoms with E-state index in [1.807, 2.05) is 24.3 Å². The van der Waals surface area contributed by atoms with Crippen LogP contribution in [0.25, 0.3) is 11.3 Å². The van der Waals surface area contributed by atoms with E-state index < -0.39 is 0 Å². The maximum atomic E-state index is 6.52. The van der Waals surface area contributed by atoms with Crippen molar-refractivity contribution < 1.29 is 4.74 Å². The van der Waals surface area contributed by atoms with Gasteiger partial charge in [0.1, 0.15) is 11.6 Å². The molecule has 1 saturated heterocycles. The van der Waals surface area contributed by atoms with Gasteiger partial charge in [-0.1, -0.05) is 31.5 Å². The minimum absolute atomic E-state index is 0.259. The molecule has 5 N–H and O–H groups in total. The van der Waals surface area contributed by atoms with Gasteiger partial charge in [-0.15, -0.1) is 0 Å². The summed E-state index contributed by atoms with van der Waals surface area (Å²) < 4.78 is 5.44. The maximum absolute atomic E-state index is 6.52. The molecule has 8 heteroatoms. The van der Waals surface area contributed by atoms with Gasteiger partial charge in [-0.05, 0) is 56.7 Å². The number of halogens is 1. The van der Waals surface area contributed by atoms with Crippen molar-refractivity contribution in [3.05, 3.63) is 35.5 Å². The molecule has 2 fully saturated rings. The normalized spacial score (nSPS) is 22.8. The van der Waals surface area contributed by atoms with E-state index in [1.54, 1.807) is 6.20 Å². The Hall–Kier alpha value is -1.93. The first-order valence-corrected chi connectivity index (χ1v) is 12.5. The molecular weight excluding hydrogens is 436 g/mol. The van der Waals surface area contributed by atoms with Gasteiger partial charge in [-0.2, -0.15) is 0 Å². The maximum Gasteiger partial charge on any atom is 0.126 e. The number of pyridine rings is 2. The smallest absolute Gasteiger partial charge is 0.126 e. The Balaban J connectivity index is 1.40. The lowest BCUT2D eigenvalue weighted by atomic mass is 9.90. The van der Waals surface area contributed by atoms with E-state index in [1.165, 1.54) is 12.8 Å². The van der Waals surface area contributed by atoms with Gasteiger partial charge in [0, 0.05) is 55.2 Å². The molecule has 3 heterocycles. The van der Waals surface area contributed by atoms with E-state index in [4.69, 9.17) is 27.1 Å². The van der Waals surface area contributed by atoms with Gasteiger partial charge in [0.25, 0.3) is 0 Å². The Labute approximate surface area is 202 Å². The minimum atomic E-state index is -0.259. The average Bonchev–Trinajstić information content (AvgIpc) is 2.81. The summed E-state index contributed by atoms with van der Waals surface area (Å²) in [5.74, 6) is 1.64. The van der Waals surface area contributed by atoms with Crippen molar-refractivity contribution in [2.75, 3.05) is 30.4 Å². The van der Waals surface area contributed by atoms with Crippen molar-refractivity contribution in [3.8, 4) is 11.3 Å². The van der Waals surface area contributed by atoms with Crippen LogP contribution in [-0.2, 0) is 4.74 Å². The van der Waals surface area contributed by atoms with Gasteiger partial charge in [0.2, 0.25) is 0 Å². The number of anilines is 2. The summed E-state index contributed by atoms with van der Waals surface area (Å²) in [6.07, 6.45) is 8.03. The number of nitrogens with zero attached hydrogens (tertiary/aromatic N) is 2. The summed E-state index contributed by atoms with van der Waals surface area (Å²) in [6.45, 7) is 6.51. The highest BCUT2D eigenvalue weighted by Gasteiger charge is 2.28. The van der Waals surface area contributed by atoms with Crippen LogP contribution in [0.1, 0.15) is 52.4 Å². The molecule has 0 amide bonds. The molecule has 180 valence electrons. The molecule has 2 aromatic heterocycles. The Morgan fingerprint density at radius 2 is 1.85 bits per heavy atom. The van der Waals surface area contributed by atoms with Crippen LogP contribution in [0.2, 0.25) is 5.02 Å². The molecular formula is C25H37ClN6O. The van der Waals surface area contributed by atoms with E-state index in [9.17, 15) is 0 Å². The van der Waals surface area contributed by atoms with Crippen LogP contribution >= 0.6 is 11.6 Å². The Bertz CT molecular complexity index is 910. The number of nitrogens with two attached hydrogens (primary N) is 1. The second kappa shape index (κ2) is 11.0. The molecule has 1 saturated carbocycles. The topological polar surface area (TPSA) is 97.1 Å². The summed E-state index contributed by atoms with van der Waals surface area (Å²) in [5, 5.41) is 11.3. The number of hydrogen-bond donors (Lipinski definition) is 4. The third-order valence-corrected chi connectivity index (χ3v) is 6.94. The molecule has 2 aromatic rings. The molecule has 4 rings (SSSR count). The van der Waals surface area contributed by atoms with Crippen LogP contribution in [0, 0.1) is 0 Å². The van der Waals surface area contributed by atoms with E-state index in [2.05, 4.69) is 34.8 Å². The van der Waals surface area contributed by atoms with Crippen LogP contribution in [0.5, 0.6) is 0 Å². The molecule has 0 atom stereocenters. The molecule has 0 unspecified atom stereocenters. The molecule has 33 heavy (non-hydrogen) atoms. The summed E-state index contributed by atoms with van der Waals surface area (Å²) in [7, 11) is 0. The van der Waals surface area contributed by atoms with Gasteiger partial charge in [0.15, 0.2) is 0 Å². The molecule has 0 aromatic carbocycles. The molecule has 7 nitrogen and oxygen atoms in total. The van der Waals surface area contributed by atoms with Crippen molar-refractivity contribution >= 4 is 23.2 Å². The Morgan fingerprint density at radius 3 is 2.58 bits per heavy atom. The Kier molecular flexibility index (Phi) is 8.07. The highest BCUT2D eigenvalue weighted by atomic mass is 35.5. The molecule has 0 radical (unpaired) electrons. The molecule has 0 spiro atoms. The third kappa shape index (κ3) is 6.79. The van der Waals surface area contributed by atoms with Gasteiger partial charge in [-0.3, -0.25) is 0 Å². The quantitative estimate of drug-likeness (QED) is 0.451. The number of hydrogen-bond acceptors (Lipinski definition) is 7. The highest BCUT2D eigenvalue weighted by Crippen LogP contribution is 2.30. The van der Waals surface area contributed by atoms with Gasteiger partial charge in [0.05, 0.1) is 10.7 Å². The van der Waals surface area contributed by atoms with Gasteiger partial charge in [-0.25, -0.2) is 9.97 Å². The zero-order valence-corrected chi connectivity index (χ0v) is 20.5. The van der Waals surface area contributed by atoms with Crippen LogP contribution in [0.3, 0.4) is 0 Å². The van der Waals surface area contributed by atoms with Crippen LogP contribution < -0.4 is 21.7 Å². The molecule has 0 bridgehead atoms. The average molecular weight is 473 g/mol. The van der Waals surface area contributed by atoms with Crippen LogP contribution in [0.15, 0.2) is 30.5 Å². The predicted octanol–water partition coefficient (Wildman–Crippen LogP) is 4.44. The SMILES string of the molecule is CC(C)NC1CCC(Nc2cc(-c3cccc(NCC4(N)CCOCC4)n3)c(Cl)cn2)CC1. The lowest BCUT2D eigenvalue weighted by molar-refractivity contribution is 0.0574. The number of nitrogens with one attached hydrogen (secondary N) is 3. The van der Waals surface area contributed by atoms with Crippen LogP contribution in [0.4, 0.5) is 11.6 Å². The fourth-order valence-corrected chi connectivity index (χ4v) is 4.90. The summed E-state index contributed by atoms with van der Waals surface area (Å²) in [4.78, 5) is 9.32. The summed E-state index contributed by atoms with van der Waals surface area (Å²) >= 11 is 6.52. The zero-order valence-electron chi connectivity index (χ0n) is 19.7. The van der Waals surface area contributed by atoms with Gasteiger partial charge >= 0.3 is 0 Å². The first-order valence-electron chi connectivity index (χ1n) is 12.2. The molecule has 1 aliphatic carbocycles. The van der Waals surface area contributed by atoms with E-state index in [0.717, 1.165) is 48.6 Å². The lowest BCUT2D eigenvalue weighted by Gasteiger charge is -2.33. The van der Waals surface area contributed by atoms with Crippen molar-refractivity contribution in [1.29, 1.82) is 0 Å². The monoisotopic (exact) mass is 472 g/mol. The fraction of sp³-hybridized carbons (Fsp3) is 0.600. The van der Waals surface area contributed by atoms with Crippen molar-refractivity contribution in [2.45, 2.75) is 76.0 Å². The standard InChI is InChI=1S/C25H37ClN6O/c1-17(2)30-18-6-8-19(9-7-18)31-24-14-20(21(26)15-28-24)22-4-3-5-23(32-22)29-16-25(27)10-12-33-13-11-25/h3-5,14-15,17-19,30H,6-13,16,27H2,1-2H3,(H,28,31)(H,29,32). The molecule has 2 aliphatic rings. The zero-order chi connectivity index (χ0) is 23.3. The Morgan fingerprint density at radius 1 is 1.12 bits per heavy atom. The van der Waals surface area contributed by atoms with Crippen molar-refractivity contribution in [3.63, 3.8) is 0 Å². The second-order valence-electron chi connectivity index (χ2n) is 9.80. The number of aromatic nitrogens is 2.